The van der Waals surface area contributed by atoms with Gasteiger partial charge in [-0.3, -0.25) is 4.79 Å². The molecular formula is C17H28N2O3. The molecule has 2 amide bonds. The lowest BCUT2D eigenvalue weighted by molar-refractivity contribution is -0.164. The molecule has 124 valence electrons. The average Bonchev–Trinajstić information content (AvgIpc) is 2.37. The van der Waals surface area contributed by atoms with Crippen LogP contribution in [0.15, 0.2) is 0 Å². The van der Waals surface area contributed by atoms with Gasteiger partial charge >= 0.3 is 6.09 Å². The van der Waals surface area contributed by atoms with Crippen LogP contribution in [0.3, 0.4) is 0 Å². The molecule has 5 nitrogen and oxygen atoms in total. The lowest BCUT2D eigenvalue weighted by atomic mass is 9.52. The summed E-state index contributed by atoms with van der Waals surface area (Å²) < 4.78 is 4.56. The van der Waals surface area contributed by atoms with E-state index in [4.69, 9.17) is 0 Å². The van der Waals surface area contributed by atoms with Crippen LogP contribution in [0.2, 0.25) is 0 Å². The molecule has 2 saturated carbocycles. The van der Waals surface area contributed by atoms with Crippen LogP contribution < -0.4 is 5.32 Å². The van der Waals surface area contributed by atoms with Gasteiger partial charge in [0.25, 0.3) is 0 Å². The number of methoxy groups -OCH3 is 1. The lowest BCUT2D eigenvalue weighted by Gasteiger charge is -2.62. The van der Waals surface area contributed by atoms with E-state index in [1.807, 2.05) is 11.8 Å². The van der Waals surface area contributed by atoms with Gasteiger partial charge in [0.1, 0.15) is 0 Å². The van der Waals surface area contributed by atoms with Gasteiger partial charge in [-0.2, -0.15) is 0 Å². The third-order valence-corrected chi connectivity index (χ3v) is 6.09. The van der Waals surface area contributed by atoms with E-state index in [2.05, 4.69) is 10.1 Å². The van der Waals surface area contributed by atoms with Crippen molar-refractivity contribution in [2.24, 2.45) is 23.2 Å². The molecule has 0 bridgehead atoms. The molecule has 0 aromatic rings. The Morgan fingerprint density at radius 3 is 2.45 bits per heavy atom. The molecule has 3 aliphatic rings. The Kier molecular flexibility index (Phi) is 4.33. The lowest BCUT2D eigenvalue weighted by Crippen LogP contribution is -2.65. The Morgan fingerprint density at radius 1 is 1.27 bits per heavy atom. The van der Waals surface area contributed by atoms with Gasteiger partial charge in [-0.1, -0.05) is 26.2 Å². The molecule has 0 radical (unpaired) electrons. The zero-order valence-electron chi connectivity index (χ0n) is 13.8. The zero-order valence-corrected chi connectivity index (χ0v) is 13.8. The van der Waals surface area contributed by atoms with Gasteiger partial charge in [0.2, 0.25) is 5.91 Å². The number of ether oxygens (including phenoxy) is 1. The monoisotopic (exact) mass is 308 g/mol. The van der Waals surface area contributed by atoms with Crippen LogP contribution in [-0.2, 0) is 9.53 Å². The van der Waals surface area contributed by atoms with Crippen molar-refractivity contribution in [2.75, 3.05) is 26.7 Å². The summed E-state index contributed by atoms with van der Waals surface area (Å²) in [5, 5.41) is 2.64. The number of hydrogen-bond donors (Lipinski definition) is 1. The molecule has 1 aliphatic heterocycles. The molecule has 3 fully saturated rings. The summed E-state index contributed by atoms with van der Waals surface area (Å²) in [6, 6.07) is 0. The molecule has 1 saturated heterocycles. The highest BCUT2D eigenvalue weighted by Gasteiger charge is 2.55. The fourth-order valence-electron chi connectivity index (χ4n) is 4.42. The number of nitrogens with one attached hydrogen (secondary N) is 1. The van der Waals surface area contributed by atoms with Crippen molar-refractivity contribution in [1.82, 2.24) is 10.2 Å². The van der Waals surface area contributed by atoms with Gasteiger partial charge in [0.15, 0.2) is 0 Å². The molecule has 1 heterocycles. The molecule has 2 aliphatic carbocycles. The average molecular weight is 308 g/mol. The molecule has 0 aromatic carbocycles. The minimum Gasteiger partial charge on any atom is -0.453 e. The third-order valence-electron chi connectivity index (χ3n) is 6.09. The molecule has 1 spiro atoms. The van der Waals surface area contributed by atoms with Crippen molar-refractivity contribution in [2.45, 2.75) is 45.4 Å². The van der Waals surface area contributed by atoms with E-state index in [-0.39, 0.29) is 11.8 Å². The highest BCUT2D eigenvalue weighted by Crippen LogP contribution is 2.57. The second-order valence-corrected chi connectivity index (χ2v) is 7.53. The normalized spacial score (nSPS) is 24.9. The Balaban J connectivity index is 1.41. The van der Waals surface area contributed by atoms with Crippen molar-refractivity contribution in [3.8, 4) is 0 Å². The number of nitrogens with zero attached hydrogens (tertiary/aromatic N) is 1. The van der Waals surface area contributed by atoms with E-state index < -0.39 is 6.09 Å². The number of amides is 2. The molecule has 1 N–H and O–H groups in total. The molecule has 5 heteroatoms. The first kappa shape index (κ1) is 15.6. The number of carbonyl (C=O) groups is 2. The first-order valence-corrected chi connectivity index (χ1v) is 8.67. The summed E-state index contributed by atoms with van der Waals surface area (Å²) in [5.41, 5.74) is 0.448. The largest absolute Gasteiger partial charge is 0.453 e. The molecule has 22 heavy (non-hydrogen) atoms. The molecular weight excluding hydrogens is 280 g/mol. The van der Waals surface area contributed by atoms with Gasteiger partial charge in [-0.15, -0.1) is 0 Å². The van der Waals surface area contributed by atoms with Crippen LogP contribution in [0.25, 0.3) is 0 Å². The molecule has 3 rings (SSSR count). The molecule has 0 aromatic heterocycles. The summed E-state index contributed by atoms with van der Waals surface area (Å²) in [4.78, 5) is 25.6. The van der Waals surface area contributed by atoms with Crippen LogP contribution in [0, 0.1) is 23.2 Å². The maximum absolute atomic E-state index is 12.5. The van der Waals surface area contributed by atoms with E-state index in [0.717, 1.165) is 31.3 Å². The van der Waals surface area contributed by atoms with Gasteiger partial charge in [0, 0.05) is 25.0 Å². The second-order valence-electron chi connectivity index (χ2n) is 7.53. The number of hydrogen-bond acceptors (Lipinski definition) is 3. The number of carbonyl (C=O) groups excluding carboxylic acids is 2. The van der Waals surface area contributed by atoms with Crippen LogP contribution in [0.1, 0.15) is 45.4 Å². The Hall–Kier alpha value is -1.26. The highest BCUT2D eigenvalue weighted by molar-refractivity contribution is 5.80. The van der Waals surface area contributed by atoms with E-state index >= 15 is 0 Å². The van der Waals surface area contributed by atoms with Gasteiger partial charge in [-0.05, 0) is 31.1 Å². The van der Waals surface area contributed by atoms with Crippen molar-refractivity contribution in [3.05, 3.63) is 0 Å². The Morgan fingerprint density at radius 2 is 1.95 bits per heavy atom. The van der Waals surface area contributed by atoms with Crippen LogP contribution >= 0.6 is 0 Å². The summed E-state index contributed by atoms with van der Waals surface area (Å²) in [5.74, 6) is 1.99. The topological polar surface area (TPSA) is 58.6 Å². The summed E-state index contributed by atoms with van der Waals surface area (Å²) in [6.07, 6.45) is 7.23. The van der Waals surface area contributed by atoms with Gasteiger partial charge in [-0.25, -0.2) is 4.79 Å². The zero-order chi connectivity index (χ0) is 15.7. The first-order chi connectivity index (χ1) is 10.6. The van der Waals surface area contributed by atoms with Gasteiger partial charge in [0.05, 0.1) is 13.0 Å². The fraction of sp³-hybridized carbons (Fsp3) is 0.882. The minimum absolute atomic E-state index is 0.126. The molecule has 1 atom stereocenters. The highest BCUT2D eigenvalue weighted by atomic mass is 16.5. The van der Waals surface area contributed by atoms with Crippen LogP contribution in [0.4, 0.5) is 4.79 Å². The standard InChI is InChI=1S/C17H28N2O3/c1-3-12(9-18-16(21)22-2)15(20)19-10-17(11-19)7-14(8-17)13-5-4-6-13/h12-14H,3-11H2,1-2H3,(H,18,21). The SMILES string of the molecule is CCC(CNC(=O)OC)C(=O)N1CC2(CC(C3CCC3)C2)C1. The number of alkyl carbamates (subject to hydrolysis) is 1. The minimum atomic E-state index is -0.464. The molecule has 1 unspecified atom stereocenters. The van der Waals surface area contributed by atoms with Crippen molar-refractivity contribution < 1.29 is 14.3 Å². The predicted molar refractivity (Wildman–Crippen MR) is 83.3 cm³/mol. The van der Waals surface area contributed by atoms with E-state index in [9.17, 15) is 9.59 Å². The van der Waals surface area contributed by atoms with Crippen LogP contribution in [-0.4, -0.2) is 43.6 Å². The Bertz CT molecular complexity index is 433. The quantitative estimate of drug-likeness (QED) is 0.848. The third kappa shape index (κ3) is 2.82. The van der Waals surface area contributed by atoms with E-state index in [1.54, 1.807) is 0 Å². The second kappa shape index (κ2) is 6.09. The maximum atomic E-state index is 12.5. The maximum Gasteiger partial charge on any atom is 0.406 e. The van der Waals surface area contributed by atoms with E-state index in [0.29, 0.717) is 12.0 Å². The number of likely N-dealkylation sites (tertiary alicyclic amines) is 1. The summed E-state index contributed by atoms with van der Waals surface area (Å²) in [6.45, 7) is 4.23. The van der Waals surface area contributed by atoms with Crippen LogP contribution in [0.5, 0.6) is 0 Å². The predicted octanol–water partition coefficient (Wildman–Crippen LogP) is 2.41. The van der Waals surface area contributed by atoms with Crippen molar-refractivity contribution >= 4 is 12.0 Å². The van der Waals surface area contributed by atoms with E-state index in [1.165, 1.54) is 39.2 Å². The fourth-order valence-corrected chi connectivity index (χ4v) is 4.42. The van der Waals surface area contributed by atoms with Gasteiger partial charge < -0.3 is 15.0 Å². The number of rotatable bonds is 5. The van der Waals surface area contributed by atoms with Crippen molar-refractivity contribution in [1.29, 1.82) is 0 Å². The summed E-state index contributed by atoms with van der Waals surface area (Å²) >= 11 is 0. The Labute approximate surface area is 132 Å². The summed E-state index contributed by atoms with van der Waals surface area (Å²) in [7, 11) is 1.34. The first-order valence-electron chi connectivity index (χ1n) is 8.67. The van der Waals surface area contributed by atoms with Crippen molar-refractivity contribution in [3.63, 3.8) is 0 Å². The smallest absolute Gasteiger partial charge is 0.406 e.